The second-order valence-electron chi connectivity index (χ2n) is 13.4. The Balaban J connectivity index is 1.16. The largest absolute Gasteiger partial charge is 0.310 e. The zero-order valence-corrected chi connectivity index (χ0v) is 29.0. The highest BCUT2D eigenvalue weighted by Crippen LogP contribution is 2.43. The van der Waals surface area contributed by atoms with Crippen molar-refractivity contribution < 1.29 is 0 Å². The lowest BCUT2D eigenvalue weighted by Gasteiger charge is -2.27. The molecule has 1 aliphatic rings. The summed E-state index contributed by atoms with van der Waals surface area (Å²) in [7, 11) is 0. The molecule has 0 radical (unpaired) electrons. The second kappa shape index (κ2) is 12.9. The van der Waals surface area contributed by atoms with Crippen molar-refractivity contribution in [1.29, 1.82) is 0 Å². The Morgan fingerprint density at radius 1 is 0.491 bits per heavy atom. The molecule has 0 saturated heterocycles. The van der Waals surface area contributed by atoms with Crippen molar-refractivity contribution in [1.82, 2.24) is 14.5 Å². The number of hydrogen-bond acceptors (Lipinski definition) is 3. The number of rotatable bonds is 6. The summed E-state index contributed by atoms with van der Waals surface area (Å²) >= 11 is 0. The molecule has 0 aliphatic heterocycles. The second-order valence-corrected chi connectivity index (χ2v) is 13.4. The number of fused-ring (bicyclic) bond motifs is 5. The average Bonchev–Trinajstić information content (AvgIpc) is 3.33. The van der Waals surface area contributed by atoms with Gasteiger partial charge in [0.15, 0.2) is 0 Å². The first-order valence-corrected chi connectivity index (χ1v) is 18.1. The van der Waals surface area contributed by atoms with Gasteiger partial charge in [0.25, 0.3) is 0 Å². The molecule has 4 nitrogen and oxygen atoms in total. The topological polar surface area (TPSA) is 34.0 Å². The van der Waals surface area contributed by atoms with E-state index in [1.807, 2.05) is 30.3 Å². The maximum absolute atomic E-state index is 5.17. The summed E-state index contributed by atoms with van der Waals surface area (Å²) in [6, 6.07) is 58.0. The van der Waals surface area contributed by atoms with E-state index in [1.54, 1.807) is 0 Å². The normalized spacial score (nSPS) is 12.8. The molecule has 0 amide bonds. The van der Waals surface area contributed by atoms with E-state index in [4.69, 9.17) is 9.97 Å². The van der Waals surface area contributed by atoms with Crippen LogP contribution in [0.4, 0.5) is 17.1 Å². The minimum Gasteiger partial charge on any atom is -0.310 e. The smallest absolute Gasteiger partial charge is 0.0973 e. The SMILES string of the molecule is C1=CCC=C(n2c3ccccc3c3cc(N(c4ccc(-c5nc6ccccc6nc5-c5ccccc5)cc4)c4cccc5ccccc45)ccc32)C=C1. The van der Waals surface area contributed by atoms with Crippen LogP contribution in [0.5, 0.6) is 0 Å². The molecule has 0 bridgehead atoms. The Bertz CT molecular complexity index is 2910. The Labute approximate surface area is 307 Å². The van der Waals surface area contributed by atoms with Crippen molar-refractivity contribution in [2.24, 2.45) is 0 Å². The molecule has 1 aliphatic carbocycles. The van der Waals surface area contributed by atoms with Crippen LogP contribution in [0, 0.1) is 0 Å². The molecule has 0 unspecified atom stereocenters. The van der Waals surface area contributed by atoms with Crippen molar-refractivity contribution in [3.05, 3.63) is 194 Å². The maximum atomic E-state index is 5.17. The molecule has 2 heterocycles. The fraction of sp³-hybridized carbons (Fsp3) is 0.0204. The van der Waals surface area contributed by atoms with Crippen LogP contribution >= 0.6 is 0 Å². The molecule has 10 rings (SSSR count). The van der Waals surface area contributed by atoms with E-state index in [0.29, 0.717) is 0 Å². The number of nitrogens with zero attached hydrogens (tertiary/aromatic N) is 4. The number of hydrogen-bond donors (Lipinski definition) is 0. The van der Waals surface area contributed by atoms with Gasteiger partial charge in [0.2, 0.25) is 0 Å². The lowest BCUT2D eigenvalue weighted by molar-refractivity contribution is 1.21. The predicted octanol–water partition coefficient (Wildman–Crippen LogP) is 13.1. The van der Waals surface area contributed by atoms with Crippen LogP contribution < -0.4 is 4.90 Å². The van der Waals surface area contributed by atoms with Crippen molar-refractivity contribution in [2.75, 3.05) is 4.90 Å². The van der Waals surface area contributed by atoms with Gasteiger partial charge < -0.3 is 9.47 Å². The van der Waals surface area contributed by atoms with Crippen LogP contribution in [-0.4, -0.2) is 14.5 Å². The van der Waals surface area contributed by atoms with Gasteiger partial charge in [-0.05, 0) is 72.5 Å². The third-order valence-corrected chi connectivity index (χ3v) is 10.2. The number of para-hydroxylation sites is 3. The molecule has 0 saturated carbocycles. The fourth-order valence-electron chi connectivity index (χ4n) is 7.71. The molecule has 4 heteroatoms. The molecule has 0 N–H and O–H groups in total. The van der Waals surface area contributed by atoms with Gasteiger partial charge in [-0.2, -0.15) is 0 Å². The van der Waals surface area contributed by atoms with Crippen molar-refractivity contribution in [3.8, 4) is 22.5 Å². The Hall–Kier alpha value is -7.04. The molecular formula is C49H34N4. The highest BCUT2D eigenvalue weighted by atomic mass is 15.1. The highest BCUT2D eigenvalue weighted by molar-refractivity contribution is 6.12. The Morgan fingerprint density at radius 3 is 1.94 bits per heavy atom. The van der Waals surface area contributed by atoms with Crippen molar-refractivity contribution in [3.63, 3.8) is 0 Å². The maximum Gasteiger partial charge on any atom is 0.0973 e. The van der Waals surface area contributed by atoms with Crippen LogP contribution in [0.15, 0.2) is 194 Å². The summed E-state index contributed by atoms with van der Waals surface area (Å²) in [6.07, 6.45) is 11.8. The summed E-state index contributed by atoms with van der Waals surface area (Å²) in [5.41, 5.74) is 12.4. The molecular weight excluding hydrogens is 645 g/mol. The quantitative estimate of drug-likeness (QED) is 0.176. The highest BCUT2D eigenvalue weighted by Gasteiger charge is 2.20. The standard InChI is InChI=1S/C49H34N4/c1-2-7-20-37(19-6-1)53-46-25-13-10-22-41(46)42-33-39(31-32-47(42)53)52(45-26-14-18-34-15-8-9-21-40(34)45)38-29-27-36(28-30-38)49-48(35-16-4-3-5-17-35)50-43-23-11-12-24-44(43)51-49/h1-6,8-33H,7H2. The summed E-state index contributed by atoms with van der Waals surface area (Å²) in [4.78, 5) is 12.7. The van der Waals surface area contributed by atoms with Crippen LogP contribution in [0.1, 0.15) is 6.42 Å². The lowest BCUT2D eigenvalue weighted by atomic mass is 10.0. The molecule has 2 aromatic heterocycles. The lowest BCUT2D eigenvalue weighted by Crippen LogP contribution is -2.10. The summed E-state index contributed by atoms with van der Waals surface area (Å²) in [5.74, 6) is 0. The van der Waals surface area contributed by atoms with Crippen molar-refractivity contribution in [2.45, 2.75) is 6.42 Å². The molecule has 0 fully saturated rings. The fourth-order valence-corrected chi connectivity index (χ4v) is 7.71. The Kier molecular flexibility index (Phi) is 7.51. The zero-order chi connectivity index (χ0) is 35.1. The van der Waals surface area contributed by atoms with E-state index >= 15 is 0 Å². The summed E-state index contributed by atoms with van der Waals surface area (Å²) in [5, 5.41) is 4.83. The van der Waals surface area contributed by atoms with E-state index < -0.39 is 0 Å². The third kappa shape index (κ3) is 5.40. The third-order valence-electron chi connectivity index (χ3n) is 10.2. The Morgan fingerprint density at radius 2 is 1.13 bits per heavy atom. The van der Waals surface area contributed by atoms with Crippen LogP contribution in [0.2, 0.25) is 0 Å². The van der Waals surface area contributed by atoms with Gasteiger partial charge in [-0.1, -0.05) is 133 Å². The van der Waals surface area contributed by atoms with E-state index in [-0.39, 0.29) is 0 Å². The number of anilines is 3. The molecule has 7 aromatic carbocycles. The molecule has 53 heavy (non-hydrogen) atoms. The summed E-state index contributed by atoms with van der Waals surface area (Å²) in [6.45, 7) is 0. The van der Waals surface area contributed by atoms with E-state index in [1.165, 1.54) is 38.3 Å². The zero-order valence-electron chi connectivity index (χ0n) is 29.0. The average molecular weight is 679 g/mol. The first-order valence-electron chi connectivity index (χ1n) is 18.1. The van der Waals surface area contributed by atoms with Gasteiger partial charge in [-0.3, -0.25) is 0 Å². The van der Waals surface area contributed by atoms with Crippen molar-refractivity contribution >= 4 is 66.4 Å². The van der Waals surface area contributed by atoms with E-state index in [2.05, 4.69) is 173 Å². The first kappa shape index (κ1) is 30.8. The first-order chi connectivity index (χ1) is 26.3. The number of allylic oxidation sites excluding steroid dienone is 6. The van der Waals surface area contributed by atoms with Gasteiger partial charge in [0.05, 0.1) is 39.1 Å². The van der Waals surface area contributed by atoms with E-state index in [0.717, 1.165) is 57.0 Å². The monoisotopic (exact) mass is 678 g/mol. The van der Waals surface area contributed by atoms with E-state index in [9.17, 15) is 0 Å². The molecule has 0 atom stereocenters. The number of aromatic nitrogens is 3. The molecule has 0 spiro atoms. The van der Waals surface area contributed by atoms with Gasteiger partial charge in [-0.15, -0.1) is 0 Å². The van der Waals surface area contributed by atoms with Gasteiger partial charge in [-0.25, -0.2) is 9.97 Å². The van der Waals surface area contributed by atoms with Gasteiger partial charge >= 0.3 is 0 Å². The van der Waals surface area contributed by atoms with Crippen LogP contribution in [0.3, 0.4) is 0 Å². The van der Waals surface area contributed by atoms with Crippen LogP contribution in [0.25, 0.3) is 71.8 Å². The van der Waals surface area contributed by atoms with Gasteiger partial charge in [0, 0.05) is 44.4 Å². The molecule has 250 valence electrons. The predicted molar refractivity (Wildman–Crippen MR) is 223 cm³/mol. The minimum atomic E-state index is 0.865. The minimum absolute atomic E-state index is 0.865. The summed E-state index contributed by atoms with van der Waals surface area (Å²) < 4.78 is 2.39. The number of benzene rings is 7. The van der Waals surface area contributed by atoms with Crippen LogP contribution in [-0.2, 0) is 0 Å². The van der Waals surface area contributed by atoms with Gasteiger partial charge in [0.1, 0.15) is 0 Å². The molecule has 9 aromatic rings.